The lowest BCUT2D eigenvalue weighted by atomic mass is 10.1. The van der Waals surface area contributed by atoms with Gasteiger partial charge in [0.2, 0.25) is 0 Å². The standard InChI is InChI=1S/C6H12O5/c7-2-4(9)1-5(10)6(11)3-8/h2,4-6,8-11H,1,3H2. The minimum Gasteiger partial charge on any atom is -0.394 e. The molecular weight excluding hydrogens is 152 g/mol. The zero-order chi connectivity index (χ0) is 8.85. The van der Waals surface area contributed by atoms with Crippen LogP contribution in [0.15, 0.2) is 0 Å². The monoisotopic (exact) mass is 164 g/mol. The van der Waals surface area contributed by atoms with Crippen LogP contribution in [0.25, 0.3) is 0 Å². The van der Waals surface area contributed by atoms with Gasteiger partial charge >= 0.3 is 0 Å². The molecule has 0 aliphatic heterocycles. The number of carbonyl (C=O) groups excluding carboxylic acids is 1. The first-order valence-electron chi connectivity index (χ1n) is 3.22. The van der Waals surface area contributed by atoms with Gasteiger partial charge in [-0.05, 0) is 0 Å². The summed E-state index contributed by atoms with van der Waals surface area (Å²) in [6, 6.07) is 0. The predicted molar refractivity (Wildman–Crippen MR) is 35.8 cm³/mol. The van der Waals surface area contributed by atoms with Crippen LogP contribution in [0.2, 0.25) is 0 Å². The molecule has 0 saturated carbocycles. The molecule has 0 aromatic carbocycles. The van der Waals surface area contributed by atoms with Gasteiger partial charge in [0.25, 0.3) is 0 Å². The summed E-state index contributed by atoms with van der Waals surface area (Å²) in [6.45, 7) is -0.591. The van der Waals surface area contributed by atoms with Crippen LogP contribution in [0, 0.1) is 0 Å². The molecule has 3 unspecified atom stereocenters. The molecule has 3 atom stereocenters. The molecule has 0 radical (unpaired) electrons. The average molecular weight is 164 g/mol. The molecule has 0 rings (SSSR count). The molecule has 0 saturated heterocycles. The van der Waals surface area contributed by atoms with Crippen molar-refractivity contribution in [1.29, 1.82) is 0 Å². The lowest BCUT2D eigenvalue weighted by Gasteiger charge is -2.15. The molecule has 4 N–H and O–H groups in total. The van der Waals surface area contributed by atoms with E-state index in [4.69, 9.17) is 20.4 Å². The number of hydrogen-bond acceptors (Lipinski definition) is 5. The molecule has 0 heterocycles. The molecule has 0 aliphatic rings. The topological polar surface area (TPSA) is 98.0 Å². The molecular formula is C6H12O5. The largest absolute Gasteiger partial charge is 0.394 e. The summed E-state index contributed by atoms with van der Waals surface area (Å²) >= 11 is 0. The Kier molecular flexibility index (Phi) is 4.97. The number of aliphatic hydroxyl groups excluding tert-OH is 4. The van der Waals surface area contributed by atoms with Gasteiger partial charge in [-0.25, -0.2) is 0 Å². The highest BCUT2D eigenvalue weighted by Crippen LogP contribution is 2.00. The quantitative estimate of drug-likeness (QED) is 0.341. The summed E-state index contributed by atoms with van der Waals surface area (Å²) < 4.78 is 0. The van der Waals surface area contributed by atoms with Crippen molar-refractivity contribution in [3.63, 3.8) is 0 Å². The lowest BCUT2D eigenvalue weighted by molar-refractivity contribution is -0.117. The van der Waals surface area contributed by atoms with Gasteiger partial charge in [0.05, 0.1) is 12.7 Å². The number of carbonyl (C=O) groups is 1. The van der Waals surface area contributed by atoms with Crippen LogP contribution < -0.4 is 0 Å². The summed E-state index contributed by atoms with van der Waals surface area (Å²) in [7, 11) is 0. The van der Waals surface area contributed by atoms with Gasteiger partial charge in [-0.1, -0.05) is 0 Å². The van der Waals surface area contributed by atoms with E-state index in [-0.39, 0.29) is 12.7 Å². The van der Waals surface area contributed by atoms with Crippen molar-refractivity contribution in [2.75, 3.05) is 6.61 Å². The van der Waals surface area contributed by atoms with Gasteiger partial charge in [-0.2, -0.15) is 0 Å². The Morgan fingerprint density at radius 3 is 2.09 bits per heavy atom. The fraction of sp³-hybridized carbons (Fsp3) is 0.833. The van der Waals surface area contributed by atoms with Gasteiger partial charge in [0.15, 0.2) is 0 Å². The third kappa shape index (κ3) is 4.05. The first kappa shape index (κ1) is 10.5. The van der Waals surface area contributed by atoms with Crippen molar-refractivity contribution in [2.45, 2.75) is 24.7 Å². The van der Waals surface area contributed by atoms with Crippen molar-refractivity contribution in [1.82, 2.24) is 0 Å². The minimum absolute atomic E-state index is 0.257. The van der Waals surface area contributed by atoms with Crippen molar-refractivity contribution < 1.29 is 25.2 Å². The molecule has 5 heteroatoms. The second-order valence-corrected chi connectivity index (χ2v) is 2.26. The van der Waals surface area contributed by atoms with Crippen LogP contribution in [0.4, 0.5) is 0 Å². The minimum atomic E-state index is -1.30. The first-order chi connectivity index (χ1) is 5.11. The van der Waals surface area contributed by atoms with Crippen LogP contribution in [-0.2, 0) is 4.79 Å². The molecule has 0 bridgehead atoms. The fourth-order valence-electron chi connectivity index (χ4n) is 0.582. The summed E-state index contributed by atoms with van der Waals surface area (Å²) in [4.78, 5) is 9.85. The normalized spacial score (nSPS) is 18.9. The third-order valence-electron chi connectivity index (χ3n) is 1.27. The van der Waals surface area contributed by atoms with E-state index in [1.807, 2.05) is 0 Å². The second-order valence-electron chi connectivity index (χ2n) is 2.26. The molecule has 66 valence electrons. The van der Waals surface area contributed by atoms with E-state index in [2.05, 4.69) is 0 Å². The van der Waals surface area contributed by atoms with Crippen molar-refractivity contribution in [2.24, 2.45) is 0 Å². The van der Waals surface area contributed by atoms with Crippen molar-refractivity contribution >= 4 is 6.29 Å². The first-order valence-corrected chi connectivity index (χ1v) is 3.22. The van der Waals surface area contributed by atoms with Crippen LogP contribution in [0.3, 0.4) is 0 Å². The fourth-order valence-corrected chi connectivity index (χ4v) is 0.582. The molecule has 5 nitrogen and oxygen atoms in total. The molecule has 0 fully saturated rings. The number of hydrogen-bond donors (Lipinski definition) is 4. The maximum absolute atomic E-state index is 9.85. The Morgan fingerprint density at radius 1 is 1.18 bits per heavy atom. The molecule has 0 spiro atoms. The number of aliphatic hydroxyl groups is 4. The van der Waals surface area contributed by atoms with Crippen LogP contribution >= 0.6 is 0 Å². The Hall–Kier alpha value is -0.490. The SMILES string of the molecule is O=CC(O)CC(O)C(O)CO. The van der Waals surface area contributed by atoms with Gasteiger partial charge in [0, 0.05) is 6.42 Å². The Balaban J connectivity index is 3.66. The van der Waals surface area contributed by atoms with Gasteiger partial charge in [0.1, 0.15) is 18.5 Å². The molecule has 0 amide bonds. The van der Waals surface area contributed by atoms with Crippen molar-refractivity contribution in [3.05, 3.63) is 0 Å². The summed E-state index contributed by atoms with van der Waals surface area (Å²) in [5, 5.41) is 34.6. The highest BCUT2D eigenvalue weighted by atomic mass is 16.4. The maximum Gasteiger partial charge on any atom is 0.148 e. The molecule has 0 aromatic heterocycles. The maximum atomic E-state index is 9.85. The molecule has 11 heavy (non-hydrogen) atoms. The zero-order valence-electron chi connectivity index (χ0n) is 5.92. The van der Waals surface area contributed by atoms with Gasteiger partial charge in [-0.15, -0.1) is 0 Å². The Bertz CT molecular complexity index is 116. The van der Waals surface area contributed by atoms with Gasteiger partial charge < -0.3 is 25.2 Å². The Labute approximate surface area is 63.9 Å². The van der Waals surface area contributed by atoms with E-state index in [1.54, 1.807) is 0 Å². The van der Waals surface area contributed by atoms with E-state index >= 15 is 0 Å². The molecule has 0 aromatic rings. The summed E-state index contributed by atoms with van der Waals surface area (Å²) in [6.07, 6.45) is -3.85. The smallest absolute Gasteiger partial charge is 0.148 e. The number of aldehydes is 1. The van der Waals surface area contributed by atoms with Crippen LogP contribution in [0.5, 0.6) is 0 Å². The van der Waals surface area contributed by atoms with E-state index < -0.39 is 24.9 Å². The summed E-state index contributed by atoms with van der Waals surface area (Å²) in [5.41, 5.74) is 0. The lowest BCUT2D eigenvalue weighted by Crippen LogP contribution is -2.33. The van der Waals surface area contributed by atoms with Crippen molar-refractivity contribution in [3.8, 4) is 0 Å². The highest BCUT2D eigenvalue weighted by molar-refractivity contribution is 5.55. The van der Waals surface area contributed by atoms with E-state index in [0.717, 1.165) is 0 Å². The summed E-state index contributed by atoms with van der Waals surface area (Å²) in [5.74, 6) is 0. The third-order valence-corrected chi connectivity index (χ3v) is 1.27. The predicted octanol–water partition coefficient (Wildman–Crippen LogP) is -2.35. The average Bonchev–Trinajstić information content (AvgIpc) is 2.02. The van der Waals surface area contributed by atoms with E-state index in [1.165, 1.54) is 0 Å². The second kappa shape index (κ2) is 5.20. The van der Waals surface area contributed by atoms with Gasteiger partial charge in [-0.3, -0.25) is 0 Å². The number of rotatable bonds is 5. The van der Waals surface area contributed by atoms with Crippen LogP contribution in [0.1, 0.15) is 6.42 Å². The zero-order valence-corrected chi connectivity index (χ0v) is 5.92. The molecule has 0 aliphatic carbocycles. The van der Waals surface area contributed by atoms with Crippen LogP contribution in [-0.4, -0.2) is 51.6 Å². The van der Waals surface area contributed by atoms with E-state index in [0.29, 0.717) is 0 Å². The highest BCUT2D eigenvalue weighted by Gasteiger charge is 2.18. The van der Waals surface area contributed by atoms with E-state index in [9.17, 15) is 4.79 Å². The Morgan fingerprint density at radius 2 is 1.73 bits per heavy atom.